The number of aromatic nitrogens is 1. The molecule has 1 aromatic heterocycles. The number of nitrogens with zero attached hydrogens (tertiary/aromatic N) is 1. The van der Waals surface area contributed by atoms with Gasteiger partial charge >= 0.3 is 0 Å². The second kappa shape index (κ2) is 5.41. The summed E-state index contributed by atoms with van der Waals surface area (Å²) in [5.74, 6) is 0. The van der Waals surface area contributed by atoms with Gasteiger partial charge in [-0.2, -0.15) is 0 Å². The second-order valence-corrected chi connectivity index (χ2v) is 4.52. The van der Waals surface area contributed by atoms with E-state index in [1.54, 1.807) is 0 Å². The molecule has 3 unspecified atom stereocenters. The van der Waals surface area contributed by atoms with E-state index in [4.69, 9.17) is 4.74 Å². The molecule has 1 saturated heterocycles. The molecular formula is C13H20N2O. The first-order valence-electron chi connectivity index (χ1n) is 6.01. The average molecular weight is 220 g/mol. The highest BCUT2D eigenvalue weighted by molar-refractivity contribution is 5.11. The molecule has 1 N–H and O–H groups in total. The van der Waals surface area contributed by atoms with Crippen LogP contribution in [0.4, 0.5) is 0 Å². The Labute approximate surface area is 97.2 Å². The van der Waals surface area contributed by atoms with Gasteiger partial charge in [0.25, 0.3) is 0 Å². The molecule has 0 amide bonds. The molecule has 2 rings (SSSR count). The van der Waals surface area contributed by atoms with Crippen LogP contribution in [0, 0.1) is 0 Å². The fourth-order valence-corrected chi connectivity index (χ4v) is 2.32. The minimum atomic E-state index is 0.347. The lowest BCUT2D eigenvalue weighted by Gasteiger charge is -2.23. The number of pyridine rings is 1. The minimum Gasteiger partial charge on any atom is -0.374 e. The van der Waals surface area contributed by atoms with Gasteiger partial charge in [-0.15, -0.1) is 0 Å². The van der Waals surface area contributed by atoms with Gasteiger partial charge in [-0.25, -0.2) is 0 Å². The number of ether oxygens (including phenoxy) is 1. The summed E-state index contributed by atoms with van der Waals surface area (Å²) in [6.07, 6.45) is 7.83. The van der Waals surface area contributed by atoms with E-state index in [0.29, 0.717) is 18.2 Å². The Balaban J connectivity index is 1.96. The van der Waals surface area contributed by atoms with Crippen LogP contribution in [0.2, 0.25) is 0 Å². The number of hydrogen-bond donors (Lipinski definition) is 1. The van der Waals surface area contributed by atoms with Gasteiger partial charge in [0.05, 0.1) is 12.2 Å². The number of hydrogen-bond acceptors (Lipinski definition) is 3. The van der Waals surface area contributed by atoms with Gasteiger partial charge in [-0.05, 0) is 44.9 Å². The number of nitrogens with one attached hydrogen (secondary N) is 1. The van der Waals surface area contributed by atoms with Crippen LogP contribution >= 0.6 is 0 Å². The molecule has 0 bridgehead atoms. The van der Waals surface area contributed by atoms with Gasteiger partial charge in [0.1, 0.15) is 0 Å². The quantitative estimate of drug-likeness (QED) is 0.840. The van der Waals surface area contributed by atoms with Crippen molar-refractivity contribution < 1.29 is 4.74 Å². The normalized spacial score (nSPS) is 26.9. The standard InChI is InChI=1S/C13H20N2O/c1-10-5-6-13(16-10)12(14-2)8-11-4-3-7-15-9-11/h3-4,7,9-10,12-14H,5-6,8H2,1-2H3. The highest BCUT2D eigenvalue weighted by Crippen LogP contribution is 2.23. The highest BCUT2D eigenvalue weighted by atomic mass is 16.5. The SMILES string of the molecule is CNC(Cc1cccnc1)C1CCC(C)O1. The van der Waals surface area contributed by atoms with E-state index in [-0.39, 0.29) is 0 Å². The van der Waals surface area contributed by atoms with Crippen LogP contribution in [0.3, 0.4) is 0 Å². The topological polar surface area (TPSA) is 34.2 Å². The van der Waals surface area contributed by atoms with Gasteiger partial charge in [0.2, 0.25) is 0 Å². The zero-order chi connectivity index (χ0) is 11.4. The molecule has 88 valence electrons. The van der Waals surface area contributed by atoms with Crippen molar-refractivity contribution in [3.8, 4) is 0 Å². The summed E-state index contributed by atoms with van der Waals surface area (Å²) in [5, 5.41) is 3.36. The predicted molar refractivity (Wildman–Crippen MR) is 64.4 cm³/mol. The van der Waals surface area contributed by atoms with E-state index in [9.17, 15) is 0 Å². The lowest BCUT2D eigenvalue weighted by molar-refractivity contribution is 0.0337. The van der Waals surface area contributed by atoms with Gasteiger partial charge < -0.3 is 10.1 Å². The molecule has 16 heavy (non-hydrogen) atoms. The van der Waals surface area contributed by atoms with Gasteiger partial charge in [0.15, 0.2) is 0 Å². The minimum absolute atomic E-state index is 0.347. The summed E-state index contributed by atoms with van der Waals surface area (Å²) in [4.78, 5) is 4.15. The van der Waals surface area contributed by atoms with E-state index >= 15 is 0 Å². The van der Waals surface area contributed by atoms with Gasteiger partial charge in [-0.3, -0.25) is 4.98 Å². The van der Waals surface area contributed by atoms with Crippen LogP contribution in [0.1, 0.15) is 25.3 Å². The fourth-order valence-electron chi connectivity index (χ4n) is 2.32. The molecule has 0 aliphatic carbocycles. The lowest BCUT2D eigenvalue weighted by Crippen LogP contribution is -2.39. The maximum Gasteiger partial charge on any atom is 0.0735 e. The first-order chi connectivity index (χ1) is 7.79. The van der Waals surface area contributed by atoms with Crippen molar-refractivity contribution in [2.24, 2.45) is 0 Å². The van der Waals surface area contributed by atoms with Crippen LogP contribution in [0.15, 0.2) is 24.5 Å². The van der Waals surface area contributed by atoms with Crippen molar-refractivity contribution in [1.29, 1.82) is 0 Å². The third kappa shape index (κ3) is 2.80. The molecule has 1 aliphatic rings. The summed E-state index contributed by atoms with van der Waals surface area (Å²) in [6, 6.07) is 4.50. The van der Waals surface area contributed by atoms with Crippen LogP contribution in [0.25, 0.3) is 0 Å². The largest absolute Gasteiger partial charge is 0.374 e. The third-order valence-corrected chi connectivity index (χ3v) is 3.26. The zero-order valence-corrected chi connectivity index (χ0v) is 10.0. The Morgan fingerprint density at radius 1 is 1.56 bits per heavy atom. The van der Waals surface area contributed by atoms with E-state index in [0.717, 1.165) is 12.8 Å². The summed E-state index contributed by atoms with van der Waals surface area (Å²) in [5.41, 5.74) is 1.27. The van der Waals surface area contributed by atoms with Crippen molar-refractivity contribution in [3.63, 3.8) is 0 Å². The maximum atomic E-state index is 5.90. The number of rotatable bonds is 4. The van der Waals surface area contributed by atoms with Gasteiger partial charge in [-0.1, -0.05) is 6.07 Å². The molecule has 0 spiro atoms. The van der Waals surface area contributed by atoms with Crippen LogP contribution in [-0.4, -0.2) is 30.3 Å². The third-order valence-electron chi connectivity index (χ3n) is 3.26. The molecule has 1 aliphatic heterocycles. The van der Waals surface area contributed by atoms with Crippen molar-refractivity contribution >= 4 is 0 Å². The molecule has 1 fully saturated rings. The Kier molecular flexibility index (Phi) is 3.91. The molecule has 3 heteroatoms. The maximum absolute atomic E-state index is 5.90. The van der Waals surface area contributed by atoms with E-state index in [1.165, 1.54) is 12.0 Å². The summed E-state index contributed by atoms with van der Waals surface area (Å²) >= 11 is 0. The molecule has 1 aromatic rings. The first-order valence-corrected chi connectivity index (χ1v) is 6.01. The molecule has 3 atom stereocenters. The van der Waals surface area contributed by atoms with Crippen LogP contribution in [0.5, 0.6) is 0 Å². The molecule has 0 radical (unpaired) electrons. The van der Waals surface area contributed by atoms with E-state index in [2.05, 4.69) is 23.3 Å². The van der Waals surface area contributed by atoms with Crippen LogP contribution < -0.4 is 5.32 Å². The molecule has 0 saturated carbocycles. The van der Waals surface area contributed by atoms with Crippen molar-refractivity contribution in [3.05, 3.63) is 30.1 Å². The molecule has 2 heterocycles. The fraction of sp³-hybridized carbons (Fsp3) is 0.615. The predicted octanol–water partition coefficient (Wildman–Crippen LogP) is 1.78. The Hall–Kier alpha value is -0.930. The van der Waals surface area contributed by atoms with Crippen molar-refractivity contribution in [2.45, 2.75) is 44.4 Å². The Bertz CT molecular complexity index is 315. The van der Waals surface area contributed by atoms with Crippen LogP contribution in [-0.2, 0) is 11.2 Å². The number of likely N-dealkylation sites (N-methyl/N-ethyl adjacent to an activating group) is 1. The summed E-state index contributed by atoms with van der Waals surface area (Å²) in [6.45, 7) is 2.15. The zero-order valence-electron chi connectivity index (χ0n) is 10.0. The Morgan fingerprint density at radius 2 is 2.44 bits per heavy atom. The Morgan fingerprint density at radius 3 is 3.00 bits per heavy atom. The average Bonchev–Trinajstić information content (AvgIpc) is 2.74. The van der Waals surface area contributed by atoms with E-state index < -0.39 is 0 Å². The summed E-state index contributed by atoms with van der Waals surface area (Å²) in [7, 11) is 2.01. The highest BCUT2D eigenvalue weighted by Gasteiger charge is 2.28. The second-order valence-electron chi connectivity index (χ2n) is 4.52. The monoisotopic (exact) mass is 220 g/mol. The van der Waals surface area contributed by atoms with Gasteiger partial charge in [0, 0.05) is 18.4 Å². The van der Waals surface area contributed by atoms with Crippen molar-refractivity contribution in [1.82, 2.24) is 10.3 Å². The molecule has 3 nitrogen and oxygen atoms in total. The molecule has 0 aromatic carbocycles. The first kappa shape index (κ1) is 11.6. The van der Waals surface area contributed by atoms with E-state index in [1.807, 2.05) is 25.5 Å². The smallest absolute Gasteiger partial charge is 0.0735 e. The molecular weight excluding hydrogens is 200 g/mol. The summed E-state index contributed by atoms with van der Waals surface area (Å²) < 4.78 is 5.90. The van der Waals surface area contributed by atoms with Crippen molar-refractivity contribution in [2.75, 3.05) is 7.05 Å². The lowest BCUT2D eigenvalue weighted by atomic mass is 10.0.